The van der Waals surface area contributed by atoms with Crippen molar-refractivity contribution in [2.24, 2.45) is 11.8 Å². The van der Waals surface area contributed by atoms with Crippen LogP contribution in [-0.4, -0.2) is 61.7 Å². The molecule has 2 aliphatic rings. The minimum atomic E-state index is 0.766. The molecule has 2 saturated heterocycles. The molecule has 0 aliphatic carbocycles. The van der Waals surface area contributed by atoms with Crippen LogP contribution in [0.5, 0.6) is 0 Å². The largest absolute Gasteiger partial charge is 0.313 e. The number of hydrogen-bond acceptors (Lipinski definition) is 3. The molecule has 0 aromatic heterocycles. The van der Waals surface area contributed by atoms with Crippen molar-refractivity contribution in [3.63, 3.8) is 0 Å². The Bertz CT molecular complexity index is 251. The lowest BCUT2D eigenvalue weighted by molar-refractivity contribution is 0.167. The summed E-state index contributed by atoms with van der Waals surface area (Å²) in [5.74, 6) is 1.76. The summed E-state index contributed by atoms with van der Waals surface area (Å²) in [5.41, 5.74) is 0. The van der Waals surface area contributed by atoms with Gasteiger partial charge in [-0.15, -0.1) is 0 Å². The molecule has 3 heteroatoms. The van der Waals surface area contributed by atoms with Crippen LogP contribution >= 0.6 is 0 Å². The molecule has 0 bridgehead atoms. The van der Waals surface area contributed by atoms with Gasteiger partial charge in [0.1, 0.15) is 0 Å². The van der Waals surface area contributed by atoms with Crippen molar-refractivity contribution in [1.29, 1.82) is 0 Å². The molecule has 1 N–H and O–H groups in total. The van der Waals surface area contributed by atoms with Crippen LogP contribution in [0.1, 0.15) is 46.5 Å². The Morgan fingerprint density at radius 3 is 2.15 bits per heavy atom. The van der Waals surface area contributed by atoms with E-state index in [1.165, 1.54) is 71.5 Å². The first kappa shape index (κ1) is 16.3. The zero-order valence-corrected chi connectivity index (χ0v) is 13.9. The first-order valence-corrected chi connectivity index (χ1v) is 8.81. The Labute approximate surface area is 126 Å². The van der Waals surface area contributed by atoms with Gasteiger partial charge in [-0.2, -0.15) is 0 Å². The van der Waals surface area contributed by atoms with Crippen LogP contribution in [0.25, 0.3) is 0 Å². The van der Waals surface area contributed by atoms with E-state index in [-0.39, 0.29) is 0 Å². The van der Waals surface area contributed by atoms with Crippen molar-refractivity contribution < 1.29 is 0 Å². The van der Waals surface area contributed by atoms with Gasteiger partial charge in [0.25, 0.3) is 0 Å². The molecule has 2 fully saturated rings. The lowest BCUT2D eigenvalue weighted by Crippen LogP contribution is -2.46. The van der Waals surface area contributed by atoms with Crippen LogP contribution in [0, 0.1) is 11.8 Å². The van der Waals surface area contributed by atoms with Gasteiger partial charge in [0.2, 0.25) is 0 Å². The van der Waals surface area contributed by atoms with Gasteiger partial charge in [-0.05, 0) is 63.7 Å². The molecule has 0 radical (unpaired) electrons. The molecule has 0 atom stereocenters. The van der Waals surface area contributed by atoms with Gasteiger partial charge < -0.3 is 15.1 Å². The summed E-state index contributed by atoms with van der Waals surface area (Å²) in [5, 5.41) is 3.79. The number of piperidine rings is 2. The standard InChI is InChI=1S/C17H35N3/c1-15(2)14-20-11-6-17(7-12-20)18-8-13-19-9-4-16(3)5-10-19/h15-18H,4-14H2,1-3H3. The molecule has 2 rings (SSSR count). The number of nitrogens with one attached hydrogen (secondary N) is 1. The fourth-order valence-corrected chi connectivity index (χ4v) is 3.55. The molecule has 2 heterocycles. The fraction of sp³-hybridized carbons (Fsp3) is 1.00. The van der Waals surface area contributed by atoms with E-state index in [4.69, 9.17) is 0 Å². The zero-order chi connectivity index (χ0) is 14.4. The van der Waals surface area contributed by atoms with Crippen molar-refractivity contribution in [1.82, 2.24) is 15.1 Å². The van der Waals surface area contributed by atoms with Crippen LogP contribution in [0.15, 0.2) is 0 Å². The number of nitrogens with zero attached hydrogens (tertiary/aromatic N) is 2. The molecule has 0 aromatic carbocycles. The van der Waals surface area contributed by atoms with Gasteiger partial charge in [-0.3, -0.25) is 0 Å². The molecular weight excluding hydrogens is 246 g/mol. The van der Waals surface area contributed by atoms with E-state index in [2.05, 4.69) is 35.9 Å². The molecule has 3 nitrogen and oxygen atoms in total. The predicted molar refractivity (Wildman–Crippen MR) is 87.1 cm³/mol. The normalized spacial score (nSPS) is 24.6. The first-order valence-electron chi connectivity index (χ1n) is 8.81. The second kappa shape index (κ2) is 8.35. The highest BCUT2D eigenvalue weighted by atomic mass is 15.2. The Balaban J connectivity index is 1.53. The molecule has 0 unspecified atom stereocenters. The molecule has 0 saturated carbocycles. The predicted octanol–water partition coefficient (Wildman–Crippen LogP) is 2.43. The Morgan fingerprint density at radius 2 is 1.55 bits per heavy atom. The molecular formula is C17H35N3. The van der Waals surface area contributed by atoms with Crippen molar-refractivity contribution in [2.45, 2.75) is 52.5 Å². The van der Waals surface area contributed by atoms with Crippen LogP contribution in [-0.2, 0) is 0 Å². The van der Waals surface area contributed by atoms with Crippen LogP contribution < -0.4 is 5.32 Å². The van der Waals surface area contributed by atoms with Crippen LogP contribution in [0.3, 0.4) is 0 Å². The van der Waals surface area contributed by atoms with E-state index in [0.717, 1.165) is 17.9 Å². The SMILES string of the molecule is CC(C)CN1CCC(NCCN2CCC(C)CC2)CC1. The lowest BCUT2D eigenvalue weighted by atomic mass is 9.99. The molecule has 2 aliphatic heterocycles. The summed E-state index contributed by atoms with van der Waals surface area (Å²) < 4.78 is 0. The maximum Gasteiger partial charge on any atom is 0.0107 e. The summed E-state index contributed by atoms with van der Waals surface area (Å²) in [6, 6.07) is 0.766. The maximum absolute atomic E-state index is 3.79. The second-order valence-corrected chi connectivity index (χ2v) is 7.45. The highest BCUT2D eigenvalue weighted by Crippen LogP contribution is 2.15. The average molecular weight is 281 g/mol. The van der Waals surface area contributed by atoms with E-state index in [1.807, 2.05) is 0 Å². The smallest absolute Gasteiger partial charge is 0.0107 e. The first-order chi connectivity index (χ1) is 9.63. The highest BCUT2D eigenvalue weighted by molar-refractivity contribution is 4.78. The summed E-state index contributed by atoms with van der Waals surface area (Å²) in [7, 11) is 0. The molecule has 118 valence electrons. The fourth-order valence-electron chi connectivity index (χ4n) is 3.55. The quantitative estimate of drug-likeness (QED) is 0.807. The zero-order valence-electron chi connectivity index (χ0n) is 13.9. The topological polar surface area (TPSA) is 18.5 Å². The number of likely N-dealkylation sites (tertiary alicyclic amines) is 2. The number of rotatable bonds is 6. The van der Waals surface area contributed by atoms with E-state index >= 15 is 0 Å². The van der Waals surface area contributed by atoms with Gasteiger partial charge in [-0.25, -0.2) is 0 Å². The average Bonchev–Trinajstić information content (AvgIpc) is 2.42. The monoisotopic (exact) mass is 281 g/mol. The van der Waals surface area contributed by atoms with Crippen LogP contribution in [0.4, 0.5) is 0 Å². The maximum atomic E-state index is 3.79. The van der Waals surface area contributed by atoms with Crippen molar-refractivity contribution >= 4 is 0 Å². The van der Waals surface area contributed by atoms with Gasteiger partial charge >= 0.3 is 0 Å². The Kier molecular flexibility index (Phi) is 6.79. The van der Waals surface area contributed by atoms with Crippen molar-refractivity contribution in [3.8, 4) is 0 Å². The minimum Gasteiger partial charge on any atom is -0.313 e. The van der Waals surface area contributed by atoms with Crippen molar-refractivity contribution in [3.05, 3.63) is 0 Å². The van der Waals surface area contributed by atoms with E-state index in [0.29, 0.717) is 0 Å². The van der Waals surface area contributed by atoms with E-state index < -0.39 is 0 Å². The molecule has 20 heavy (non-hydrogen) atoms. The van der Waals surface area contributed by atoms with Crippen molar-refractivity contribution in [2.75, 3.05) is 45.8 Å². The molecule has 0 amide bonds. The van der Waals surface area contributed by atoms with Gasteiger partial charge in [0.05, 0.1) is 0 Å². The van der Waals surface area contributed by atoms with E-state index in [1.54, 1.807) is 0 Å². The lowest BCUT2D eigenvalue weighted by Gasteiger charge is -2.34. The van der Waals surface area contributed by atoms with E-state index in [9.17, 15) is 0 Å². The third kappa shape index (κ3) is 5.71. The summed E-state index contributed by atoms with van der Waals surface area (Å²) >= 11 is 0. The third-order valence-corrected chi connectivity index (χ3v) is 4.95. The number of hydrogen-bond donors (Lipinski definition) is 1. The highest BCUT2D eigenvalue weighted by Gasteiger charge is 2.20. The Hall–Kier alpha value is -0.120. The summed E-state index contributed by atoms with van der Waals surface area (Å²) in [6.07, 6.45) is 5.47. The minimum absolute atomic E-state index is 0.766. The van der Waals surface area contributed by atoms with Gasteiger partial charge in [0.15, 0.2) is 0 Å². The van der Waals surface area contributed by atoms with Crippen LogP contribution in [0.2, 0.25) is 0 Å². The summed E-state index contributed by atoms with van der Waals surface area (Å²) in [6.45, 7) is 16.0. The second-order valence-electron chi connectivity index (χ2n) is 7.45. The third-order valence-electron chi connectivity index (χ3n) is 4.95. The molecule has 0 spiro atoms. The van der Waals surface area contributed by atoms with Gasteiger partial charge in [0, 0.05) is 25.7 Å². The Morgan fingerprint density at radius 1 is 0.950 bits per heavy atom. The summed E-state index contributed by atoms with van der Waals surface area (Å²) in [4.78, 5) is 5.27. The van der Waals surface area contributed by atoms with Gasteiger partial charge in [-0.1, -0.05) is 20.8 Å². The molecule has 0 aromatic rings.